The Morgan fingerprint density at radius 1 is 1.35 bits per heavy atom. The number of hydrogen-bond acceptors (Lipinski definition) is 6. The molecule has 3 rings (SSSR count). The lowest BCUT2D eigenvalue weighted by molar-refractivity contribution is 0.174. The summed E-state index contributed by atoms with van der Waals surface area (Å²) in [5.74, 6) is 0.932. The number of ether oxygens (including phenoxy) is 2. The van der Waals surface area contributed by atoms with Crippen LogP contribution in [0.25, 0.3) is 0 Å². The molecule has 106 valence electrons. The Kier molecular flexibility index (Phi) is 2.71. The van der Waals surface area contributed by atoms with Gasteiger partial charge >= 0.3 is 0 Å². The molecule has 0 bridgehead atoms. The first-order chi connectivity index (χ1) is 9.45. The van der Waals surface area contributed by atoms with Crippen molar-refractivity contribution in [1.29, 1.82) is 0 Å². The second-order valence-corrected chi connectivity index (χ2v) is 5.90. The third-order valence-electron chi connectivity index (χ3n) is 2.75. The van der Waals surface area contributed by atoms with Gasteiger partial charge in [0, 0.05) is 25.4 Å². The fourth-order valence-electron chi connectivity index (χ4n) is 1.77. The van der Waals surface area contributed by atoms with E-state index in [1.165, 1.54) is 29.2 Å². The molecular formula is C11H12N4O4S. The summed E-state index contributed by atoms with van der Waals surface area (Å²) < 4.78 is 38.6. The van der Waals surface area contributed by atoms with Crippen molar-refractivity contribution in [2.45, 2.75) is 5.03 Å². The summed E-state index contributed by atoms with van der Waals surface area (Å²) in [5.41, 5.74) is 6.26. The average molecular weight is 296 g/mol. The van der Waals surface area contributed by atoms with E-state index in [1.54, 1.807) is 7.05 Å². The molecule has 9 heteroatoms. The van der Waals surface area contributed by atoms with Gasteiger partial charge in [0.05, 0.1) is 17.7 Å². The maximum absolute atomic E-state index is 12.2. The molecule has 0 aliphatic carbocycles. The third-order valence-corrected chi connectivity index (χ3v) is 4.00. The normalized spacial score (nSPS) is 13.4. The van der Waals surface area contributed by atoms with E-state index in [0.717, 1.165) is 0 Å². The zero-order valence-corrected chi connectivity index (χ0v) is 11.3. The molecule has 20 heavy (non-hydrogen) atoms. The number of nitrogen functional groups attached to an aromatic ring is 1. The first-order valence-electron chi connectivity index (χ1n) is 5.65. The topological polar surface area (TPSA) is 108 Å². The summed E-state index contributed by atoms with van der Waals surface area (Å²) in [6.45, 7) is 0.0885. The summed E-state index contributed by atoms with van der Waals surface area (Å²) in [5, 5.41) is -0.0860. The van der Waals surface area contributed by atoms with Crippen LogP contribution in [0.15, 0.2) is 29.7 Å². The van der Waals surface area contributed by atoms with Crippen molar-refractivity contribution in [3.05, 3.63) is 24.7 Å². The van der Waals surface area contributed by atoms with Crippen LogP contribution >= 0.6 is 0 Å². The zero-order valence-electron chi connectivity index (χ0n) is 10.5. The number of benzene rings is 1. The van der Waals surface area contributed by atoms with E-state index < -0.39 is 10.0 Å². The van der Waals surface area contributed by atoms with Crippen LogP contribution in [0.4, 0.5) is 11.4 Å². The molecule has 0 unspecified atom stereocenters. The Hall–Kier alpha value is -2.42. The predicted molar refractivity (Wildman–Crippen MR) is 71.0 cm³/mol. The van der Waals surface area contributed by atoms with E-state index in [1.807, 2.05) is 0 Å². The van der Waals surface area contributed by atoms with E-state index in [0.29, 0.717) is 11.5 Å². The Balaban J connectivity index is 1.95. The van der Waals surface area contributed by atoms with E-state index in [9.17, 15) is 8.42 Å². The second kappa shape index (κ2) is 4.30. The summed E-state index contributed by atoms with van der Waals surface area (Å²) in [6.07, 6.45) is 2.79. The van der Waals surface area contributed by atoms with Crippen LogP contribution in [0, 0.1) is 0 Å². The molecule has 1 aliphatic rings. The zero-order chi connectivity index (χ0) is 14.3. The van der Waals surface area contributed by atoms with Crippen LogP contribution in [-0.4, -0.2) is 24.8 Å². The van der Waals surface area contributed by atoms with Crippen molar-refractivity contribution in [3.63, 3.8) is 0 Å². The monoisotopic (exact) mass is 296 g/mol. The number of sulfonamides is 1. The fraction of sp³-hybridized carbons (Fsp3) is 0.182. The fourth-order valence-corrected chi connectivity index (χ4v) is 2.83. The largest absolute Gasteiger partial charge is 0.454 e. The summed E-state index contributed by atoms with van der Waals surface area (Å²) in [4.78, 5) is 3.80. The number of nitrogens with one attached hydrogen (secondary N) is 1. The third kappa shape index (κ3) is 2.11. The Labute approximate surface area is 115 Å². The molecule has 1 aliphatic heterocycles. The predicted octanol–water partition coefficient (Wildman–Crippen LogP) is 0.532. The molecule has 2 heterocycles. The number of nitrogens with zero attached hydrogens (tertiary/aromatic N) is 2. The number of nitrogens with two attached hydrogens (primary N) is 1. The molecule has 2 aromatic rings. The minimum absolute atomic E-state index is 0.0860. The number of hydrogen-bond donors (Lipinski definition) is 2. The lowest BCUT2D eigenvalue weighted by atomic mass is 10.2. The van der Waals surface area contributed by atoms with E-state index in [-0.39, 0.29) is 23.2 Å². The molecule has 0 atom stereocenters. The summed E-state index contributed by atoms with van der Waals surface area (Å²) in [7, 11) is -2.11. The van der Waals surface area contributed by atoms with Crippen LogP contribution in [0.1, 0.15) is 0 Å². The lowest BCUT2D eigenvalue weighted by Crippen LogP contribution is -2.14. The minimum atomic E-state index is -3.79. The van der Waals surface area contributed by atoms with Crippen LogP contribution < -0.4 is 19.9 Å². The van der Waals surface area contributed by atoms with Gasteiger partial charge < -0.3 is 19.8 Å². The molecule has 0 saturated heterocycles. The molecular weight excluding hydrogens is 284 g/mol. The van der Waals surface area contributed by atoms with E-state index in [4.69, 9.17) is 15.2 Å². The van der Waals surface area contributed by atoms with Gasteiger partial charge in [-0.15, -0.1) is 0 Å². The maximum atomic E-state index is 12.2. The molecule has 0 amide bonds. The van der Waals surface area contributed by atoms with Crippen molar-refractivity contribution in [1.82, 2.24) is 9.55 Å². The van der Waals surface area contributed by atoms with Gasteiger partial charge in [-0.25, -0.2) is 4.98 Å². The molecule has 3 N–H and O–H groups in total. The highest BCUT2D eigenvalue weighted by Crippen LogP contribution is 2.38. The van der Waals surface area contributed by atoms with Crippen LogP contribution in [0.5, 0.6) is 11.5 Å². The average Bonchev–Trinajstić information content (AvgIpc) is 2.98. The molecule has 8 nitrogen and oxygen atoms in total. The SMILES string of the molecule is Cn1cnc(S(=O)(=O)Nc2cc3c(cc2N)OCO3)c1. The standard InChI is InChI=1S/C11H12N4O4S/c1-15-4-11(13-5-15)20(16,17)14-8-3-10-9(2-7(8)12)18-6-19-10/h2-5,14H,6,12H2,1H3. The quantitative estimate of drug-likeness (QED) is 0.800. The highest BCUT2D eigenvalue weighted by molar-refractivity contribution is 7.92. The first kappa shape index (κ1) is 12.6. The van der Waals surface area contributed by atoms with Gasteiger partial charge in [0.1, 0.15) is 0 Å². The van der Waals surface area contributed by atoms with Gasteiger partial charge in [0.15, 0.2) is 16.5 Å². The van der Waals surface area contributed by atoms with Gasteiger partial charge in [0.2, 0.25) is 6.79 Å². The molecule has 0 spiro atoms. The molecule has 0 saturated carbocycles. The number of anilines is 2. The Morgan fingerprint density at radius 3 is 2.70 bits per heavy atom. The molecule has 1 aromatic heterocycles. The van der Waals surface area contributed by atoms with Crippen molar-refractivity contribution in [2.75, 3.05) is 17.2 Å². The summed E-state index contributed by atoms with van der Waals surface area (Å²) >= 11 is 0. The lowest BCUT2D eigenvalue weighted by Gasteiger charge is -2.09. The molecule has 0 fully saturated rings. The van der Waals surface area contributed by atoms with E-state index >= 15 is 0 Å². The van der Waals surface area contributed by atoms with E-state index in [2.05, 4.69) is 9.71 Å². The molecule has 1 aromatic carbocycles. The van der Waals surface area contributed by atoms with Gasteiger partial charge in [-0.1, -0.05) is 0 Å². The Morgan fingerprint density at radius 2 is 2.05 bits per heavy atom. The minimum Gasteiger partial charge on any atom is -0.454 e. The number of aromatic nitrogens is 2. The number of imidazole rings is 1. The van der Waals surface area contributed by atoms with Gasteiger partial charge in [-0.05, 0) is 0 Å². The maximum Gasteiger partial charge on any atom is 0.281 e. The second-order valence-electron chi connectivity index (χ2n) is 4.28. The summed E-state index contributed by atoms with van der Waals surface area (Å²) in [6, 6.07) is 3.00. The van der Waals surface area contributed by atoms with Crippen molar-refractivity contribution in [2.24, 2.45) is 7.05 Å². The highest BCUT2D eigenvalue weighted by atomic mass is 32.2. The Bertz CT molecular complexity index is 769. The first-order valence-corrected chi connectivity index (χ1v) is 7.14. The number of aryl methyl sites for hydroxylation is 1. The smallest absolute Gasteiger partial charge is 0.281 e. The highest BCUT2D eigenvalue weighted by Gasteiger charge is 2.21. The van der Waals surface area contributed by atoms with Crippen LogP contribution in [0.2, 0.25) is 0 Å². The van der Waals surface area contributed by atoms with Crippen molar-refractivity contribution < 1.29 is 17.9 Å². The van der Waals surface area contributed by atoms with Gasteiger partial charge in [-0.3, -0.25) is 4.72 Å². The van der Waals surface area contributed by atoms with Crippen LogP contribution in [-0.2, 0) is 17.1 Å². The van der Waals surface area contributed by atoms with Gasteiger partial charge in [0.25, 0.3) is 10.0 Å². The van der Waals surface area contributed by atoms with Crippen molar-refractivity contribution in [3.8, 4) is 11.5 Å². The van der Waals surface area contributed by atoms with Crippen molar-refractivity contribution >= 4 is 21.4 Å². The van der Waals surface area contributed by atoms with Crippen LogP contribution in [0.3, 0.4) is 0 Å². The number of fused-ring (bicyclic) bond motifs is 1. The molecule has 0 radical (unpaired) electrons. The van der Waals surface area contributed by atoms with Gasteiger partial charge in [-0.2, -0.15) is 8.42 Å². The number of rotatable bonds is 3.